The Morgan fingerprint density at radius 3 is 2.73 bits per heavy atom. The molecule has 1 heterocycles. The van der Waals surface area contributed by atoms with Crippen molar-refractivity contribution in [2.75, 3.05) is 18.5 Å². The SMILES string of the molecule is O=C1C=C(Nc2cccc(C3CC3(F)F)c2)C(=O)N1CCO. The van der Waals surface area contributed by atoms with E-state index in [1.807, 2.05) is 0 Å². The highest BCUT2D eigenvalue weighted by Gasteiger charge is 2.57. The van der Waals surface area contributed by atoms with E-state index in [4.69, 9.17) is 5.11 Å². The van der Waals surface area contributed by atoms with Crippen molar-refractivity contribution in [1.82, 2.24) is 4.90 Å². The molecule has 0 spiro atoms. The number of rotatable bonds is 5. The number of alkyl halides is 2. The highest BCUT2D eigenvalue weighted by Crippen LogP contribution is 2.55. The maximum Gasteiger partial charge on any atom is 0.277 e. The predicted octanol–water partition coefficient (Wildman–Crippen LogP) is 1.47. The Balaban J connectivity index is 1.74. The Bertz CT molecular complexity index is 673. The van der Waals surface area contributed by atoms with Crippen LogP contribution in [0.2, 0.25) is 0 Å². The second-order valence-electron chi connectivity index (χ2n) is 5.34. The summed E-state index contributed by atoms with van der Waals surface area (Å²) in [6, 6.07) is 6.43. The molecule has 116 valence electrons. The third-order valence-electron chi connectivity index (χ3n) is 3.73. The number of halogens is 2. The lowest BCUT2D eigenvalue weighted by atomic mass is 10.1. The molecule has 1 aromatic rings. The van der Waals surface area contributed by atoms with Crippen molar-refractivity contribution >= 4 is 17.5 Å². The van der Waals surface area contributed by atoms with Crippen LogP contribution in [0.25, 0.3) is 0 Å². The van der Waals surface area contributed by atoms with Crippen LogP contribution in [-0.2, 0) is 9.59 Å². The number of β-amino-alcohol motifs (C(OH)–C–C–N with tert-alkyl or cyclic N) is 1. The zero-order valence-corrected chi connectivity index (χ0v) is 11.6. The Labute approximate surface area is 125 Å². The summed E-state index contributed by atoms with van der Waals surface area (Å²) in [5.41, 5.74) is 1.04. The average molecular weight is 308 g/mol. The summed E-state index contributed by atoms with van der Waals surface area (Å²) in [5, 5.41) is 11.6. The van der Waals surface area contributed by atoms with Gasteiger partial charge in [-0.3, -0.25) is 14.5 Å². The highest BCUT2D eigenvalue weighted by molar-refractivity contribution is 6.17. The molecule has 0 bridgehead atoms. The summed E-state index contributed by atoms with van der Waals surface area (Å²) in [5.74, 6) is -4.49. The molecule has 1 aliphatic carbocycles. The monoisotopic (exact) mass is 308 g/mol. The molecule has 5 nitrogen and oxygen atoms in total. The van der Waals surface area contributed by atoms with Crippen LogP contribution < -0.4 is 5.32 Å². The van der Waals surface area contributed by atoms with Gasteiger partial charge in [0.1, 0.15) is 5.70 Å². The molecule has 0 radical (unpaired) electrons. The number of imide groups is 1. The number of carbonyl (C=O) groups is 2. The van der Waals surface area contributed by atoms with E-state index >= 15 is 0 Å². The van der Waals surface area contributed by atoms with E-state index in [1.165, 1.54) is 0 Å². The van der Waals surface area contributed by atoms with E-state index in [1.54, 1.807) is 24.3 Å². The molecule has 1 atom stereocenters. The van der Waals surface area contributed by atoms with E-state index in [9.17, 15) is 18.4 Å². The van der Waals surface area contributed by atoms with Crippen molar-refractivity contribution in [2.45, 2.75) is 18.3 Å². The fourth-order valence-corrected chi connectivity index (χ4v) is 2.47. The van der Waals surface area contributed by atoms with Gasteiger partial charge in [-0.1, -0.05) is 12.1 Å². The molecule has 22 heavy (non-hydrogen) atoms. The van der Waals surface area contributed by atoms with Gasteiger partial charge in [-0.05, 0) is 17.7 Å². The van der Waals surface area contributed by atoms with Gasteiger partial charge >= 0.3 is 0 Å². The summed E-state index contributed by atoms with van der Waals surface area (Å²) >= 11 is 0. The van der Waals surface area contributed by atoms with E-state index in [2.05, 4.69) is 5.32 Å². The van der Waals surface area contributed by atoms with Gasteiger partial charge in [-0.25, -0.2) is 8.78 Å². The van der Waals surface area contributed by atoms with Crippen molar-refractivity contribution in [3.05, 3.63) is 41.6 Å². The second kappa shape index (κ2) is 5.17. The number of hydrogen-bond donors (Lipinski definition) is 2. The fourth-order valence-electron chi connectivity index (χ4n) is 2.47. The van der Waals surface area contributed by atoms with Crippen molar-refractivity contribution in [2.24, 2.45) is 0 Å². The van der Waals surface area contributed by atoms with Crippen molar-refractivity contribution in [3.8, 4) is 0 Å². The Hall–Kier alpha value is -2.28. The highest BCUT2D eigenvalue weighted by atomic mass is 19.3. The number of nitrogens with one attached hydrogen (secondary N) is 1. The molecule has 2 N–H and O–H groups in total. The van der Waals surface area contributed by atoms with Crippen LogP contribution in [0.15, 0.2) is 36.0 Å². The summed E-state index contributed by atoms with van der Waals surface area (Å²) in [6.07, 6.45) is 0.969. The van der Waals surface area contributed by atoms with Gasteiger partial charge in [0.05, 0.1) is 19.1 Å². The molecule has 0 aromatic heterocycles. The molecule has 1 aliphatic heterocycles. The van der Waals surface area contributed by atoms with Gasteiger partial charge in [-0.2, -0.15) is 0 Å². The molecule has 0 saturated heterocycles. The zero-order chi connectivity index (χ0) is 15.9. The smallest absolute Gasteiger partial charge is 0.277 e. The fraction of sp³-hybridized carbons (Fsp3) is 0.333. The maximum atomic E-state index is 13.1. The lowest BCUT2D eigenvalue weighted by Gasteiger charge is -2.13. The van der Waals surface area contributed by atoms with Crippen LogP contribution in [0.3, 0.4) is 0 Å². The standard InChI is InChI=1S/C15H14F2N2O3/c16-15(17)8-11(15)9-2-1-3-10(6-9)18-12-7-13(21)19(4-5-20)14(12)22/h1-3,6-7,11,18,20H,4-5,8H2. The Morgan fingerprint density at radius 2 is 2.09 bits per heavy atom. The molecule has 7 heteroatoms. The molecular formula is C15H14F2N2O3. The number of amides is 2. The molecular weight excluding hydrogens is 294 g/mol. The number of benzene rings is 1. The normalized spacial score (nSPS) is 22.8. The van der Waals surface area contributed by atoms with Gasteiger partial charge in [0.15, 0.2) is 0 Å². The molecule has 1 saturated carbocycles. The predicted molar refractivity (Wildman–Crippen MR) is 74.3 cm³/mol. The lowest BCUT2D eigenvalue weighted by molar-refractivity contribution is -0.137. The second-order valence-corrected chi connectivity index (χ2v) is 5.34. The van der Waals surface area contributed by atoms with Crippen LogP contribution >= 0.6 is 0 Å². The summed E-state index contributed by atoms with van der Waals surface area (Å²) in [4.78, 5) is 24.5. The summed E-state index contributed by atoms with van der Waals surface area (Å²) in [7, 11) is 0. The average Bonchev–Trinajstić information content (AvgIpc) is 3.04. The van der Waals surface area contributed by atoms with Crippen molar-refractivity contribution in [1.29, 1.82) is 0 Å². The Morgan fingerprint density at radius 1 is 1.36 bits per heavy atom. The van der Waals surface area contributed by atoms with E-state index in [0.717, 1.165) is 11.0 Å². The lowest BCUT2D eigenvalue weighted by Crippen LogP contribution is -2.34. The largest absolute Gasteiger partial charge is 0.395 e. The number of aliphatic hydroxyl groups excluding tert-OH is 1. The first kappa shape index (κ1) is 14.6. The van der Waals surface area contributed by atoms with E-state index < -0.39 is 23.7 Å². The van der Waals surface area contributed by atoms with Gasteiger partial charge in [0.2, 0.25) is 0 Å². The maximum absolute atomic E-state index is 13.1. The Kier molecular flexibility index (Phi) is 3.44. The topological polar surface area (TPSA) is 69.6 Å². The van der Waals surface area contributed by atoms with Crippen molar-refractivity contribution in [3.63, 3.8) is 0 Å². The molecule has 3 rings (SSSR count). The quantitative estimate of drug-likeness (QED) is 0.808. The van der Waals surface area contributed by atoms with E-state index in [0.29, 0.717) is 11.3 Å². The zero-order valence-electron chi connectivity index (χ0n) is 11.6. The summed E-state index contributed by atoms with van der Waals surface area (Å²) < 4.78 is 26.2. The number of anilines is 1. The summed E-state index contributed by atoms with van der Waals surface area (Å²) in [6.45, 7) is -0.390. The van der Waals surface area contributed by atoms with Crippen LogP contribution in [0.5, 0.6) is 0 Å². The minimum atomic E-state index is -2.66. The molecule has 2 amide bonds. The van der Waals surface area contributed by atoms with Crippen LogP contribution in [0.1, 0.15) is 17.9 Å². The van der Waals surface area contributed by atoms with Gasteiger partial charge in [0.25, 0.3) is 17.7 Å². The van der Waals surface area contributed by atoms with Gasteiger partial charge < -0.3 is 10.4 Å². The van der Waals surface area contributed by atoms with Gasteiger partial charge in [-0.15, -0.1) is 0 Å². The molecule has 1 unspecified atom stereocenters. The van der Waals surface area contributed by atoms with Crippen LogP contribution in [-0.4, -0.2) is 40.9 Å². The first-order valence-corrected chi connectivity index (χ1v) is 6.85. The number of nitrogens with zero attached hydrogens (tertiary/aromatic N) is 1. The number of carbonyl (C=O) groups excluding carboxylic acids is 2. The van der Waals surface area contributed by atoms with Gasteiger partial charge in [0, 0.05) is 18.2 Å². The third-order valence-corrected chi connectivity index (χ3v) is 3.73. The molecule has 1 aromatic carbocycles. The number of hydrogen-bond acceptors (Lipinski definition) is 4. The van der Waals surface area contributed by atoms with E-state index in [-0.39, 0.29) is 25.3 Å². The third kappa shape index (κ3) is 2.59. The minimum absolute atomic E-state index is 0.0677. The van der Waals surface area contributed by atoms with Crippen LogP contribution in [0, 0.1) is 0 Å². The molecule has 2 aliphatic rings. The first-order chi connectivity index (χ1) is 10.4. The minimum Gasteiger partial charge on any atom is -0.395 e. The van der Waals surface area contributed by atoms with Crippen molar-refractivity contribution < 1.29 is 23.5 Å². The first-order valence-electron chi connectivity index (χ1n) is 6.85. The number of aliphatic hydroxyl groups is 1. The van der Waals surface area contributed by atoms with Crippen LogP contribution in [0.4, 0.5) is 14.5 Å². The molecule has 1 fully saturated rings.